The number of halogens is 1. The Morgan fingerprint density at radius 1 is 1.71 bits per heavy atom. The van der Waals surface area contributed by atoms with Crippen molar-refractivity contribution in [1.82, 2.24) is 4.98 Å². The van der Waals surface area contributed by atoms with Crippen molar-refractivity contribution in [2.75, 3.05) is 17.2 Å². The van der Waals surface area contributed by atoms with Crippen molar-refractivity contribution in [2.45, 2.75) is 13.0 Å². The number of nitrogen functional groups attached to an aromatic ring is 1. The average molecular weight is 233 g/mol. The van der Waals surface area contributed by atoms with Gasteiger partial charge < -0.3 is 10.8 Å². The second-order valence-electron chi connectivity index (χ2n) is 2.80. The molecule has 0 fully saturated rings. The fourth-order valence-corrected chi connectivity index (χ4v) is 1.86. The molecule has 0 aromatic carbocycles. The zero-order valence-electron chi connectivity index (χ0n) is 7.90. The number of nitrogens with zero attached hydrogens (tertiary/aromatic N) is 1. The van der Waals surface area contributed by atoms with Crippen LogP contribution in [0.5, 0.6) is 0 Å². The Balaban J connectivity index is 2.77. The summed E-state index contributed by atoms with van der Waals surface area (Å²) in [4.78, 5) is 3.88. The van der Waals surface area contributed by atoms with Crippen molar-refractivity contribution >= 4 is 29.2 Å². The highest BCUT2D eigenvalue weighted by Gasteiger charge is 2.12. The minimum atomic E-state index is -0.592. The topological polar surface area (TPSA) is 59.1 Å². The maximum Gasteiger partial charge on any atom is 0.129 e. The highest BCUT2D eigenvalue weighted by Crippen LogP contribution is 2.24. The van der Waals surface area contributed by atoms with Gasteiger partial charge in [0.2, 0.25) is 0 Å². The van der Waals surface area contributed by atoms with Crippen molar-refractivity contribution in [3.8, 4) is 0 Å². The zero-order chi connectivity index (χ0) is 10.6. The number of aromatic nitrogens is 1. The highest BCUT2D eigenvalue weighted by molar-refractivity contribution is 7.99. The lowest BCUT2D eigenvalue weighted by Crippen LogP contribution is -2.06. The largest absolute Gasteiger partial charge is 0.387 e. The molecule has 1 aromatic heterocycles. The van der Waals surface area contributed by atoms with Gasteiger partial charge >= 0.3 is 0 Å². The molecular weight excluding hydrogens is 220 g/mol. The molecule has 0 aliphatic carbocycles. The Hall–Kier alpha value is -0.450. The molecule has 0 saturated carbocycles. The first-order chi connectivity index (χ1) is 6.65. The van der Waals surface area contributed by atoms with Crippen LogP contribution < -0.4 is 5.73 Å². The van der Waals surface area contributed by atoms with Gasteiger partial charge in [-0.05, 0) is 11.8 Å². The molecule has 1 heterocycles. The highest BCUT2D eigenvalue weighted by atomic mass is 35.5. The summed E-state index contributed by atoms with van der Waals surface area (Å²) in [5.74, 6) is 1.92. The second kappa shape index (κ2) is 5.44. The van der Waals surface area contributed by atoms with Crippen LogP contribution in [0.1, 0.15) is 18.6 Å². The number of hydrogen-bond donors (Lipinski definition) is 2. The summed E-state index contributed by atoms with van der Waals surface area (Å²) in [5, 5.41) is 10.3. The van der Waals surface area contributed by atoms with Crippen LogP contribution >= 0.6 is 23.4 Å². The van der Waals surface area contributed by atoms with E-state index >= 15 is 0 Å². The predicted octanol–water partition coefficient (Wildman–Crippen LogP) is 2.10. The van der Waals surface area contributed by atoms with Gasteiger partial charge in [0.15, 0.2) is 0 Å². The van der Waals surface area contributed by atoms with Crippen LogP contribution in [0.15, 0.2) is 12.3 Å². The summed E-state index contributed by atoms with van der Waals surface area (Å²) in [5.41, 5.74) is 6.23. The van der Waals surface area contributed by atoms with E-state index in [1.54, 1.807) is 17.8 Å². The fraction of sp³-hybridized carbons (Fsp3) is 0.444. The van der Waals surface area contributed by atoms with Crippen molar-refractivity contribution in [2.24, 2.45) is 0 Å². The van der Waals surface area contributed by atoms with Gasteiger partial charge in [-0.3, -0.25) is 0 Å². The molecule has 5 heteroatoms. The maximum atomic E-state index is 9.76. The molecule has 14 heavy (non-hydrogen) atoms. The Labute approximate surface area is 92.7 Å². The molecule has 1 atom stereocenters. The standard InChI is InChI=1S/C9H13ClN2OS/c1-2-14-5-8(13)7-3-6(10)4-12-9(7)11/h3-4,8,13H,2,5H2,1H3,(H2,11,12). The average Bonchev–Trinajstić information content (AvgIpc) is 2.18. The molecule has 0 bridgehead atoms. The smallest absolute Gasteiger partial charge is 0.129 e. The molecule has 0 amide bonds. The van der Waals surface area contributed by atoms with Gasteiger partial charge in [0.05, 0.1) is 11.1 Å². The third kappa shape index (κ3) is 3.04. The molecule has 1 rings (SSSR count). The van der Waals surface area contributed by atoms with Gasteiger partial charge in [0.1, 0.15) is 5.82 Å². The summed E-state index contributed by atoms with van der Waals surface area (Å²) in [7, 11) is 0. The first-order valence-corrected chi connectivity index (χ1v) is 5.85. The lowest BCUT2D eigenvalue weighted by molar-refractivity contribution is 0.204. The van der Waals surface area contributed by atoms with Crippen LogP contribution in [0.3, 0.4) is 0 Å². The van der Waals surface area contributed by atoms with E-state index in [0.29, 0.717) is 22.2 Å². The number of pyridine rings is 1. The third-order valence-electron chi connectivity index (χ3n) is 1.75. The number of anilines is 1. The number of thioether (sulfide) groups is 1. The van der Waals surface area contributed by atoms with E-state index in [2.05, 4.69) is 4.98 Å². The molecule has 3 nitrogen and oxygen atoms in total. The monoisotopic (exact) mass is 232 g/mol. The van der Waals surface area contributed by atoms with E-state index in [1.807, 2.05) is 6.92 Å². The van der Waals surface area contributed by atoms with Crippen molar-refractivity contribution in [3.63, 3.8) is 0 Å². The third-order valence-corrected chi connectivity index (χ3v) is 2.92. The number of hydrogen-bond acceptors (Lipinski definition) is 4. The Kier molecular flexibility index (Phi) is 4.51. The number of rotatable bonds is 4. The van der Waals surface area contributed by atoms with Crippen LogP contribution in [0.25, 0.3) is 0 Å². The van der Waals surface area contributed by atoms with Crippen LogP contribution in [-0.2, 0) is 0 Å². The van der Waals surface area contributed by atoms with Gasteiger partial charge in [-0.25, -0.2) is 4.98 Å². The van der Waals surface area contributed by atoms with Crippen LogP contribution in [0.2, 0.25) is 5.02 Å². The van der Waals surface area contributed by atoms with E-state index < -0.39 is 6.10 Å². The summed E-state index contributed by atoms with van der Waals surface area (Å²) < 4.78 is 0. The molecule has 78 valence electrons. The minimum absolute atomic E-state index is 0.346. The van der Waals surface area contributed by atoms with Gasteiger partial charge in [-0.15, -0.1) is 0 Å². The number of aliphatic hydroxyl groups is 1. The zero-order valence-corrected chi connectivity index (χ0v) is 9.48. The molecule has 0 spiro atoms. The summed E-state index contributed by atoms with van der Waals surface area (Å²) in [6.07, 6.45) is 0.881. The van der Waals surface area contributed by atoms with Gasteiger partial charge in [0.25, 0.3) is 0 Å². The first kappa shape index (κ1) is 11.6. The molecule has 0 aliphatic heterocycles. The first-order valence-electron chi connectivity index (χ1n) is 4.32. The molecule has 1 unspecified atom stereocenters. The number of aliphatic hydroxyl groups excluding tert-OH is 1. The Morgan fingerprint density at radius 3 is 3.07 bits per heavy atom. The number of nitrogens with two attached hydrogens (primary N) is 1. The van der Waals surface area contributed by atoms with Gasteiger partial charge in [-0.1, -0.05) is 18.5 Å². The fourth-order valence-electron chi connectivity index (χ4n) is 1.05. The molecule has 0 radical (unpaired) electrons. The van der Waals surface area contributed by atoms with E-state index in [1.165, 1.54) is 6.20 Å². The lowest BCUT2D eigenvalue weighted by atomic mass is 10.2. The minimum Gasteiger partial charge on any atom is -0.387 e. The van der Waals surface area contributed by atoms with Crippen molar-refractivity contribution < 1.29 is 5.11 Å². The molecule has 0 saturated heterocycles. The van der Waals surface area contributed by atoms with Crippen LogP contribution in [0.4, 0.5) is 5.82 Å². The van der Waals surface area contributed by atoms with E-state index in [-0.39, 0.29) is 0 Å². The van der Waals surface area contributed by atoms with Gasteiger partial charge in [0, 0.05) is 17.5 Å². The van der Waals surface area contributed by atoms with Crippen LogP contribution in [0, 0.1) is 0 Å². The Bertz CT molecular complexity index is 309. The van der Waals surface area contributed by atoms with E-state index in [9.17, 15) is 5.11 Å². The molecular formula is C9H13ClN2OS. The van der Waals surface area contributed by atoms with Crippen molar-refractivity contribution in [1.29, 1.82) is 0 Å². The molecule has 0 aliphatic rings. The summed E-state index contributed by atoms with van der Waals surface area (Å²) in [6, 6.07) is 1.66. The summed E-state index contributed by atoms with van der Waals surface area (Å²) in [6.45, 7) is 2.04. The molecule has 3 N–H and O–H groups in total. The van der Waals surface area contributed by atoms with Crippen LogP contribution in [-0.4, -0.2) is 21.6 Å². The second-order valence-corrected chi connectivity index (χ2v) is 4.56. The predicted molar refractivity (Wildman–Crippen MR) is 61.6 cm³/mol. The van der Waals surface area contributed by atoms with Gasteiger partial charge in [-0.2, -0.15) is 11.8 Å². The lowest BCUT2D eigenvalue weighted by Gasteiger charge is -2.11. The SMILES string of the molecule is CCSCC(O)c1cc(Cl)cnc1N. The Morgan fingerprint density at radius 2 is 2.43 bits per heavy atom. The quantitative estimate of drug-likeness (QED) is 0.835. The maximum absolute atomic E-state index is 9.76. The van der Waals surface area contributed by atoms with E-state index in [0.717, 1.165) is 5.75 Å². The van der Waals surface area contributed by atoms with Crippen molar-refractivity contribution in [3.05, 3.63) is 22.8 Å². The normalized spacial score (nSPS) is 12.8. The summed E-state index contributed by atoms with van der Waals surface area (Å²) >= 11 is 7.41. The van der Waals surface area contributed by atoms with E-state index in [4.69, 9.17) is 17.3 Å². The molecule has 1 aromatic rings.